The van der Waals surface area contributed by atoms with Crippen molar-refractivity contribution in [3.8, 4) is 17.7 Å². The lowest BCUT2D eigenvalue weighted by Crippen LogP contribution is -2.37. The predicted octanol–water partition coefficient (Wildman–Crippen LogP) is 2.22. The number of nitrogens with zero attached hydrogens (tertiary/aromatic N) is 3. The summed E-state index contributed by atoms with van der Waals surface area (Å²) in [6.07, 6.45) is 0.974. The molecule has 6 heteroatoms. The van der Waals surface area contributed by atoms with Crippen LogP contribution in [0.2, 0.25) is 0 Å². The summed E-state index contributed by atoms with van der Waals surface area (Å²) in [5.74, 6) is 1.12. The van der Waals surface area contributed by atoms with Crippen LogP contribution in [-0.2, 0) is 4.74 Å². The van der Waals surface area contributed by atoms with E-state index >= 15 is 0 Å². The summed E-state index contributed by atoms with van der Waals surface area (Å²) in [5, 5.41) is 10.0. The molecule has 1 aliphatic rings. The van der Waals surface area contributed by atoms with Crippen LogP contribution in [0.1, 0.15) is 12.0 Å². The van der Waals surface area contributed by atoms with Crippen molar-refractivity contribution in [2.45, 2.75) is 6.42 Å². The number of pyridine rings is 1. The fraction of sp³-hybridized carbons (Fsp3) is 0.444. The van der Waals surface area contributed by atoms with Crippen molar-refractivity contribution in [2.75, 3.05) is 46.6 Å². The van der Waals surface area contributed by atoms with Gasteiger partial charge < -0.3 is 14.2 Å². The molecule has 1 aromatic carbocycles. The zero-order valence-corrected chi connectivity index (χ0v) is 13.8. The molecule has 3 rings (SSSR count). The van der Waals surface area contributed by atoms with E-state index in [-0.39, 0.29) is 0 Å². The lowest BCUT2D eigenvalue weighted by Gasteiger charge is -2.26. The van der Waals surface area contributed by atoms with Gasteiger partial charge in [-0.3, -0.25) is 4.90 Å². The molecule has 0 spiro atoms. The smallest absolute Gasteiger partial charge is 0.231 e. The van der Waals surface area contributed by atoms with Crippen molar-refractivity contribution >= 4 is 10.9 Å². The van der Waals surface area contributed by atoms with Crippen LogP contribution >= 0.6 is 0 Å². The van der Waals surface area contributed by atoms with Crippen LogP contribution in [0.4, 0.5) is 0 Å². The van der Waals surface area contributed by atoms with Crippen LogP contribution in [0.15, 0.2) is 24.3 Å². The SMILES string of the molecule is COc1nc2cc(OCCCN3CCOCC3)ccc2cc1C#N. The summed E-state index contributed by atoms with van der Waals surface area (Å²) >= 11 is 0. The number of hydrogen-bond donors (Lipinski definition) is 0. The van der Waals surface area contributed by atoms with Crippen molar-refractivity contribution in [3.05, 3.63) is 29.8 Å². The Morgan fingerprint density at radius 2 is 2.12 bits per heavy atom. The molecule has 0 saturated carbocycles. The Morgan fingerprint density at radius 1 is 1.29 bits per heavy atom. The maximum Gasteiger partial charge on any atom is 0.231 e. The third-order valence-corrected chi connectivity index (χ3v) is 4.06. The second-order valence-electron chi connectivity index (χ2n) is 5.67. The summed E-state index contributed by atoms with van der Waals surface area (Å²) in [4.78, 5) is 6.77. The Kier molecular flexibility index (Phi) is 5.47. The summed E-state index contributed by atoms with van der Waals surface area (Å²) in [5.41, 5.74) is 1.20. The van der Waals surface area contributed by atoms with Gasteiger partial charge in [-0.2, -0.15) is 5.26 Å². The molecule has 1 aromatic heterocycles. The number of rotatable bonds is 6. The average molecular weight is 327 g/mol. The first kappa shape index (κ1) is 16.5. The van der Waals surface area contributed by atoms with Gasteiger partial charge in [0.2, 0.25) is 5.88 Å². The first-order valence-electron chi connectivity index (χ1n) is 8.12. The van der Waals surface area contributed by atoms with E-state index in [1.807, 2.05) is 18.2 Å². The minimum absolute atomic E-state index is 0.342. The van der Waals surface area contributed by atoms with E-state index in [4.69, 9.17) is 19.5 Å². The number of morpholine rings is 1. The van der Waals surface area contributed by atoms with E-state index in [0.29, 0.717) is 18.1 Å². The van der Waals surface area contributed by atoms with Gasteiger partial charge >= 0.3 is 0 Å². The second-order valence-corrected chi connectivity index (χ2v) is 5.67. The lowest BCUT2D eigenvalue weighted by molar-refractivity contribution is 0.0358. The van der Waals surface area contributed by atoms with Crippen molar-refractivity contribution < 1.29 is 14.2 Å². The monoisotopic (exact) mass is 327 g/mol. The molecule has 0 amide bonds. The number of hydrogen-bond acceptors (Lipinski definition) is 6. The molecule has 0 radical (unpaired) electrons. The van der Waals surface area contributed by atoms with Gasteiger partial charge in [0.1, 0.15) is 17.4 Å². The molecular formula is C18H21N3O3. The van der Waals surface area contributed by atoms with Gasteiger partial charge in [0.15, 0.2) is 0 Å². The zero-order chi connectivity index (χ0) is 16.8. The van der Waals surface area contributed by atoms with E-state index in [9.17, 15) is 0 Å². The van der Waals surface area contributed by atoms with Gasteiger partial charge in [-0.15, -0.1) is 0 Å². The van der Waals surface area contributed by atoms with Crippen LogP contribution in [0.3, 0.4) is 0 Å². The topological polar surface area (TPSA) is 67.6 Å². The van der Waals surface area contributed by atoms with Crippen LogP contribution in [-0.4, -0.2) is 56.4 Å². The molecule has 126 valence electrons. The Balaban J connectivity index is 1.59. The fourth-order valence-electron chi connectivity index (χ4n) is 2.76. The van der Waals surface area contributed by atoms with E-state index < -0.39 is 0 Å². The molecule has 0 N–H and O–H groups in total. The Hall–Kier alpha value is -2.36. The number of benzene rings is 1. The lowest BCUT2D eigenvalue weighted by atomic mass is 10.1. The van der Waals surface area contributed by atoms with Crippen LogP contribution in [0.25, 0.3) is 10.9 Å². The molecular weight excluding hydrogens is 306 g/mol. The fourth-order valence-corrected chi connectivity index (χ4v) is 2.76. The molecule has 2 heterocycles. The van der Waals surface area contributed by atoms with Crippen LogP contribution in [0.5, 0.6) is 11.6 Å². The van der Waals surface area contributed by atoms with Crippen molar-refractivity contribution in [2.24, 2.45) is 0 Å². The first-order chi connectivity index (χ1) is 11.8. The van der Waals surface area contributed by atoms with Gasteiger partial charge in [0.05, 0.1) is 32.4 Å². The second kappa shape index (κ2) is 7.95. The molecule has 0 unspecified atom stereocenters. The summed E-state index contributed by atoms with van der Waals surface area (Å²) in [7, 11) is 1.51. The molecule has 0 bridgehead atoms. The van der Waals surface area contributed by atoms with E-state index in [1.165, 1.54) is 7.11 Å². The molecule has 0 atom stereocenters. The average Bonchev–Trinajstić information content (AvgIpc) is 2.64. The minimum Gasteiger partial charge on any atom is -0.493 e. The molecule has 24 heavy (non-hydrogen) atoms. The normalized spacial score (nSPS) is 15.2. The quantitative estimate of drug-likeness (QED) is 0.758. The molecule has 0 aliphatic carbocycles. The van der Waals surface area contributed by atoms with Gasteiger partial charge in [0.25, 0.3) is 0 Å². The van der Waals surface area contributed by atoms with Crippen molar-refractivity contribution in [1.29, 1.82) is 5.26 Å². The molecule has 1 saturated heterocycles. The Labute approximate surface area is 141 Å². The van der Waals surface area contributed by atoms with E-state index in [0.717, 1.165) is 55.9 Å². The molecule has 1 aliphatic heterocycles. The zero-order valence-electron chi connectivity index (χ0n) is 13.8. The van der Waals surface area contributed by atoms with Gasteiger partial charge in [-0.25, -0.2) is 4.98 Å². The minimum atomic E-state index is 0.342. The summed E-state index contributed by atoms with van der Waals surface area (Å²) in [6.45, 7) is 5.33. The summed E-state index contributed by atoms with van der Waals surface area (Å²) in [6, 6.07) is 9.58. The third-order valence-electron chi connectivity index (χ3n) is 4.06. The number of methoxy groups -OCH3 is 1. The molecule has 6 nitrogen and oxygen atoms in total. The predicted molar refractivity (Wildman–Crippen MR) is 90.4 cm³/mol. The number of nitriles is 1. The van der Waals surface area contributed by atoms with Crippen molar-refractivity contribution in [1.82, 2.24) is 9.88 Å². The van der Waals surface area contributed by atoms with Gasteiger partial charge in [-0.1, -0.05) is 0 Å². The maximum atomic E-state index is 9.11. The summed E-state index contributed by atoms with van der Waals surface area (Å²) < 4.78 is 16.3. The largest absolute Gasteiger partial charge is 0.493 e. The molecule has 2 aromatic rings. The highest BCUT2D eigenvalue weighted by atomic mass is 16.5. The number of ether oxygens (including phenoxy) is 3. The van der Waals surface area contributed by atoms with Gasteiger partial charge in [-0.05, 0) is 24.6 Å². The first-order valence-corrected chi connectivity index (χ1v) is 8.12. The number of aromatic nitrogens is 1. The van der Waals surface area contributed by atoms with Crippen LogP contribution < -0.4 is 9.47 Å². The van der Waals surface area contributed by atoms with Crippen LogP contribution in [0, 0.1) is 11.3 Å². The Morgan fingerprint density at radius 3 is 2.88 bits per heavy atom. The highest BCUT2D eigenvalue weighted by molar-refractivity contribution is 5.82. The third kappa shape index (κ3) is 3.94. The highest BCUT2D eigenvalue weighted by Gasteiger charge is 2.10. The number of fused-ring (bicyclic) bond motifs is 1. The Bertz CT molecular complexity index is 736. The van der Waals surface area contributed by atoms with Gasteiger partial charge in [0, 0.05) is 31.1 Å². The van der Waals surface area contributed by atoms with E-state index in [2.05, 4.69) is 16.0 Å². The molecule has 1 fully saturated rings. The maximum absolute atomic E-state index is 9.11. The van der Waals surface area contributed by atoms with Crippen molar-refractivity contribution in [3.63, 3.8) is 0 Å². The van der Waals surface area contributed by atoms with E-state index in [1.54, 1.807) is 6.07 Å². The standard InChI is InChI=1S/C18H21N3O3/c1-22-18-15(13-19)11-14-3-4-16(12-17(14)20-18)24-8-2-5-21-6-9-23-10-7-21/h3-4,11-12H,2,5-10H2,1H3. The highest BCUT2D eigenvalue weighted by Crippen LogP contribution is 2.25.